The van der Waals surface area contributed by atoms with Gasteiger partial charge in [-0.15, -0.1) is 0 Å². The van der Waals surface area contributed by atoms with Crippen molar-refractivity contribution in [3.8, 4) is 5.75 Å². The Hall–Kier alpha value is -1.82. The molecule has 1 saturated carbocycles. The smallest absolute Gasteiger partial charge is 0.410 e. The van der Waals surface area contributed by atoms with Gasteiger partial charge in [-0.25, -0.2) is 9.18 Å². The van der Waals surface area contributed by atoms with E-state index in [4.69, 9.17) is 15.2 Å². The Kier molecular flexibility index (Phi) is 5.38. The third-order valence-electron chi connectivity index (χ3n) is 4.06. The molecular weight excluding hydrogens is 311 g/mol. The molecule has 0 spiro atoms. The molecule has 2 rings (SSSR count). The van der Waals surface area contributed by atoms with Crippen molar-refractivity contribution < 1.29 is 18.7 Å². The summed E-state index contributed by atoms with van der Waals surface area (Å²) in [6.07, 6.45) is 1.09. The number of hydrogen-bond donors (Lipinski definition) is 1. The quantitative estimate of drug-likeness (QED) is 0.910. The standard InChI is InChI=1S/C18H27FN2O3/c1-11(20)15-8-12(19)6-7-16(15)23-14-9-13(10-14)21(5)17(22)24-18(2,3)4/h6-8,11,13-14H,9-10,20H2,1-5H3/t11-,13?,14?/m1/s1. The van der Waals surface area contributed by atoms with Crippen molar-refractivity contribution in [2.45, 2.75) is 64.3 Å². The van der Waals surface area contributed by atoms with Gasteiger partial charge in [-0.1, -0.05) is 0 Å². The molecule has 5 nitrogen and oxygen atoms in total. The van der Waals surface area contributed by atoms with E-state index >= 15 is 0 Å². The largest absolute Gasteiger partial charge is 0.490 e. The van der Waals surface area contributed by atoms with Crippen molar-refractivity contribution >= 4 is 6.09 Å². The van der Waals surface area contributed by atoms with Crippen LogP contribution in [0, 0.1) is 5.82 Å². The molecule has 6 heteroatoms. The number of rotatable bonds is 4. The van der Waals surface area contributed by atoms with Gasteiger partial charge >= 0.3 is 6.09 Å². The van der Waals surface area contributed by atoms with E-state index in [0.717, 1.165) is 0 Å². The first-order valence-corrected chi connectivity index (χ1v) is 8.24. The first-order chi connectivity index (χ1) is 11.1. The number of halogens is 1. The molecule has 1 aromatic rings. The van der Waals surface area contributed by atoms with Crippen molar-refractivity contribution in [2.24, 2.45) is 5.73 Å². The molecular formula is C18H27FN2O3. The van der Waals surface area contributed by atoms with Gasteiger partial charge in [0.1, 0.15) is 23.3 Å². The number of hydrogen-bond acceptors (Lipinski definition) is 4. The summed E-state index contributed by atoms with van der Waals surface area (Å²) in [5.41, 5.74) is 6.02. The summed E-state index contributed by atoms with van der Waals surface area (Å²) < 4.78 is 24.7. The molecule has 0 aromatic heterocycles. The fraction of sp³-hybridized carbons (Fsp3) is 0.611. The van der Waals surface area contributed by atoms with Crippen molar-refractivity contribution in [1.82, 2.24) is 4.90 Å². The fourth-order valence-corrected chi connectivity index (χ4v) is 2.60. The van der Waals surface area contributed by atoms with Gasteiger partial charge in [-0.2, -0.15) is 0 Å². The van der Waals surface area contributed by atoms with Crippen LogP contribution >= 0.6 is 0 Å². The number of carbonyl (C=O) groups is 1. The molecule has 134 valence electrons. The van der Waals surface area contributed by atoms with Crippen LogP contribution in [0.3, 0.4) is 0 Å². The minimum atomic E-state index is -0.509. The lowest BCUT2D eigenvalue weighted by Crippen LogP contribution is -2.51. The predicted octanol–water partition coefficient (Wildman–Crippen LogP) is 3.62. The van der Waals surface area contributed by atoms with Gasteiger partial charge in [-0.05, 0) is 45.9 Å². The molecule has 1 amide bonds. The fourth-order valence-electron chi connectivity index (χ4n) is 2.60. The molecule has 1 aliphatic carbocycles. The summed E-state index contributed by atoms with van der Waals surface area (Å²) >= 11 is 0. The minimum absolute atomic E-state index is 0.0113. The van der Waals surface area contributed by atoms with Crippen molar-refractivity contribution in [2.75, 3.05) is 7.05 Å². The van der Waals surface area contributed by atoms with E-state index in [1.807, 2.05) is 20.8 Å². The van der Waals surface area contributed by atoms with Crippen molar-refractivity contribution in [1.29, 1.82) is 0 Å². The van der Waals surface area contributed by atoms with Crippen LogP contribution in [0.25, 0.3) is 0 Å². The number of ether oxygens (including phenoxy) is 2. The lowest BCUT2D eigenvalue weighted by Gasteiger charge is -2.41. The zero-order valence-corrected chi connectivity index (χ0v) is 15.0. The summed E-state index contributed by atoms with van der Waals surface area (Å²) in [5, 5.41) is 0. The van der Waals surface area contributed by atoms with E-state index in [1.54, 1.807) is 24.9 Å². The van der Waals surface area contributed by atoms with Crippen LogP contribution < -0.4 is 10.5 Å². The SMILES string of the molecule is C[C@@H](N)c1cc(F)ccc1OC1CC(N(C)C(=O)OC(C)(C)C)C1. The van der Waals surface area contributed by atoms with Crippen LogP contribution in [0.5, 0.6) is 5.75 Å². The Morgan fingerprint density at radius 1 is 1.38 bits per heavy atom. The van der Waals surface area contributed by atoms with Crippen molar-refractivity contribution in [3.05, 3.63) is 29.6 Å². The van der Waals surface area contributed by atoms with Gasteiger partial charge in [0.25, 0.3) is 0 Å². The van der Waals surface area contributed by atoms with Crippen molar-refractivity contribution in [3.63, 3.8) is 0 Å². The lowest BCUT2D eigenvalue weighted by atomic mass is 9.88. The highest BCUT2D eigenvalue weighted by Gasteiger charge is 2.37. The highest BCUT2D eigenvalue weighted by molar-refractivity contribution is 5.68. The zero-order chi connectivity index (χ0) is 18.1. The van der Waals surface area contributed by atoms with Crippen LogP contribution in [0.15, 0.2) is 18.2 Å². The first kappa shape index (κ1) is 18.5. The maximum Gasteiger partial charge on any atom is 0.410 e. The minimum Gasteiger partial charge on any atom is -0.490 e. The highest BCUT2D eigenvalue weighted by Crippen LogP contribution is 2.33. The Morgan fingerprint density at radius 3 is 2.54 bits per heavy atom. The number of amides is 1. The third kappa shape index (κ3) is 4.60. The molecule has 1 aliphatic rings. The van der Waals surface area contributed by atoms with Crippen LogP contribution in [-0.2, 0) is 4.74 Å². The topological polar surface area (TPSA) is 64.8 Å². The third-order valence-corrected chi connectivity index (χ3v) is 4.06. The lowest BCUT2D eigenvalue weighted by molar-refractivity contribution is -0.00898. The second-order valence-corrected chi connectivity index (χ2v) is 7.43. The number of carbonyl (C=O) groups excluding carboxylic acids is 1. The van der Waals surface area contributed by atoms with E-state index < -0.39 is 5.60 Å². The molecule has 2 N–H and O–H groups in total. The molecule has 0 radical (unpaired) electrons. The second-order valence-electron chi connectivity index (χ2n) is 7.43. The maximum atomic E-state index is 13.4. The summed E-state index contributed by atoms with van der Waals surface area (Å²) in [6.45, 7) is 7.32. The van der Waals surface area contributed by atoms with E-state index in [2.05, 4.69) is 0 Å². The van der Waals surface area contributed by atoms with Gasteiger partial charge < -0.3 is 20.1 Å². The molecule has 1 fully saturated rings. The Morgan fingerprint density at radius 2 is 2.00 bits per heavy atom. The van der Waals surface area contributed by atoms with Crippen LogP contribution in [0.2, 0.25) is 0 Å². The van der Waals surface area contributed by atoms with Gasteiger partial charge in [0.2, 0.25) is 0 Å². The van der Waals surface area contributed by atoms with E-state index in [1.165, 1.54) is 12.1 Å². The van der Waals surface area contributed by atoms with E-state index in [-0.39, 0.29) is 30.1 Å². The summed E-state index contributed by atoms with van der Waals surface area (Å²) in [5.74, 6) is 0.278. The monoisotopic (exact) mass is 338 g/mol. The van der Waals surface area contributed by atoms with Gasteiger partial charge in [0, 0.05) is 37.5 Å². The maximum absolute atomic E-state index is 13.4. The van der Waals surface area contributed by atoms with Crippen LogP contribution in [0.4, 0.5) is 9.18 Å². The number of nitrogens with zero attached hydrogens (tertiary/aromatic N) is 1. The molecule has 0 aliphatic heterocycles. The highest BCUT2D eigenvalue weighted by atomic mass is 19.1. The van der Waals surface area contributed by atoms with Gasteiger partial charge in [0.05, 0.1) is 0 Å². The molecule has 0 unspecified atom stereocenters. The van der Waals surface area contributed by atoms with E-state index in [9.17, 15) is 9.18 Å². The Balaban J connectivity index is 1.90. The Labute approximate surface area is 142 Å². The van der Waals surface area contributed by atoms with Gasteiger partial charge in [0.15, 0.2) is 0 Å². The molecule has 0 saturated heterocycles. The zero-order valence-electron chi connectivity index (χ0n) is 15.0. The average Bonchev–Trinajstić information content (AvgIpc) is 2.40. The molecule has 0 heterocycles. The molecule has 0 bridgehead atoms. The second kappa shape index (κ2) is 6.97. The molecule has 1 aromatic carbocycles. The van der Waals surface area contributed by atoms with E-state index in [0.29, 0.717) is 24.2 Å². The van der Waals surface area contributed by atoms with Crippen LogP contribution in [-0.4, -0.2) is 35.8 Å². The molecule has 1 atom stereocenters. The first-order valence-electron chi connectivity index (χ1n) is 8.24. The number of nitrogens with two attached hydrogens (primary N) is 1. The Bertz CT molecular complexity index is 592. The van der Waals surface area contributed by atoms with Crippen LogP contribution in [0.1, 0.15) is 52.1 Å². The average molecular weight is 338 g/mol. The summed E-state index contributed by atoms with van der Waals surface area (Å²) in [7, 11) is 1.74. The normalized spacial score (nSPS) is 21.6. The number of benzene rings is 1. The van der Waals surface area contributed by atoms with Gasteiger partial charge in [-0.3, -0.25) is 0 Å². The summed E-state index contributed by atoms with van der Waals surface area (Å²) in [6, 6.07) is 4.16. The predicted molar refractivity (Wildman–Crippen MR) is 90.4 cm³/mol. The summed E-state index contributed by atoms with van der Waals surface area (Å²) in [4.78, 5) is 13.7. The molecule has 24 heavy (non-hydrogen) atoms.